The second kappa shape index (κ2) is 8.91. The molecule has 0 aromatic heterocycles. The molecule has 144 valence electrons. The number of carboxylic acid groups (broad SMARTS) is 1. The van der Waals surface area contributed by atoms with Crippen LogP contribution < -0.4 is 4.74 Å². The summed E-state index contributed by atoms with van der Waals surface area (Å²) in [5.41, 5.74) is 4.98. The SMILES string of the molecule is Cc1cccc(OCCc2ccc(CN3CCN(C(=O)O)CC3)cc2)c1C. The Labute approximate surface area is 161 Å². The standard InChI is InChI=1S/C22H28N2O3/c1-17-4-3-5-21(18(17)2)27-15-10-19-6-8-20(9-7-19)16-23-11-13-24(14-12-23)22(25)26/h3-9H,10-16H2,1-2H3,(H,25,26). The van der Waals surface area contributed by atoms with E-state index in [-0.39, 0.29) is 0 Å². The molecule has 2 aromatic carbocycles. The lowest BCUT2D eigenvalue weighted by Gasteiger charge is -2.33. The van der Waals surface area contributed by atoms with Gasteiger partial charge in [0.15, 0.2) is 0 Å². The molecule has 0 spiro atoms. The number of piperazine rings is 1. The zero-order chi connectivity index (χ0) is 19.2. The van der Waals surface area contributed by atoms with E-state index in [1.54, 1.807) is 0 Å². The van der Waals surface area contributed by atoms with E-state index < -0.39 is 6.09 Å². The number of benzene rings is 2. The molecular formula is C22H28N2O3. The van der Waals surface area contributed by atoms with E-state index >= 15 is 0 Å². The lowest BCUT2D eigenvalue weighted by atomic mass is 10.1. The van der Waals surface area contributed by atoms with E-state index in [2.05, 4.69) is 49.1 Å². The molecule has 27 heavy (non-hydrogen) atoms. The molecule has 1 aliphatic rings. The Kier molecular flexibility index (Phi) is 6.35. The molecule has 0 saturated carbocycles. The molecular weight excluding hydrogens is 340 g/mol. The molecule has 5 nitrogen and oxygen atoms in total. The summed E-state index contributed by atoms with van der Waals surface area (Å²) in [7, 11) is 0. The molecule has 1 fully saturated rings. The highest BCUT2D eigenvalue weighted by Crippen LogP contribution is 2.20. The first kappa shape index (κ1) is 19.2. The number of carbonyl (C=O) groups is 1. The van der Waals surface area contributed by atoms with Crippen molar-refractivity contribution in [2.24, 2.45) is 0 Å². The number of nitrogens with zero attached hydrogens (tertiary/aromatic N) is 2. The van der Waals surface area contributed by atoms with E-state index in [9.17, 15) is 4.79 Å². The number of hydrogen-bond acceptors (Lipinski definition) is 3. The minimum Gasteiger partial charge on any atom is -0.493 e. The minimum absolute atomic E-state index is 0.586. The summed E-state index contributed by atoms with van der Waals surface area (Å²) in [5, 5.41) is 9.01. The van der Waals surface area contributed by atoms with Crippen LogP contribution in [-0.2, 0) is 13.0 Å². The van der Waals surface area contributed by atoms with Crippen LogP contribution in [0.2, 0.25) is 0 Å². The van der Waals surface area contributed by atoms with Crippen LogP contribution in [0.5, 0.6) is 5.75 Å². The third-order valence-corrected chi connectivity index (χ3v) is 5.28. The Bertz CT molecular complexity index is 766. The van der Waals surface area contributed by atoms with Crippen LogP contribution in [0.1, 0.15) is 22.3 Å². The van der Waals surface area contributed by atoms with Gasteiger partial charge in [0.25, 0.3) is 0 Å². The third kappa shape index (κ3) is 5.23. The fraction of sp³-hybridized carbons (Fsp3) is 0.409. The molecule has 0 unspecified atom stereocenters. The highest BCUT2D eigenvalue weighted by Gasteiger charge is 2.20. The van der Waals surface area contributed by atoms with Gasteiger partial charge in [0.2, 0.25) is 0 Å². The van der Waals surface area contributed by atoms with Crippen molar-refractivity contribution in [1.82, 2.24) is 9.80 Å². The van der Waals surface area contributed by atoms with Gasteiger partial charge in [-0.1, -0.05) is 36.4 Å². The molecule has 1 amide bonds. The minimum atomic E-state index is -0.818. The van der Waals surface area contributed by atoms with Gasteiger partial charge < -0.3 is 14.7 Å². The normalized spacial score (nSPS) is 15.0. The third-order valence-electron chi connectivity index (χ3n) is 5.28. The first-order valence-electron chi connectivity index (χ1n) is 9.50. The molecule has 0 radical (unpaired) electrons. The molecule has 0 aliphatic carbocycles. The van der Waals surface area contributed by atoms with Gasteiger partial charge in [-0.3, -0.25) is 4.90 Å². The first-order valence-corrected chi connectivity index (χ1v) is 9.50. The smallest absolute Gasteiger partial charge is 0.407 e. The van der Waals surface area contributed by atoms with Gasteiger partial charge in [-0.15, -0.1) is 0 Å². The lowest BCUT2D eigenvalue weighted by molar-refractivity contribution is 0.103. The van der Waals surface area contributed by atoms with Gasteiger partial charge >= 0.3 is 6.09 Å². The fourth-order valence-electron chi connectivity index (χ4n) is 3.33. The van der Waals surface area contributed by atoms with E-state index in [1.807, 2.05) is 12.1 Å². The maximum atomic E-state index is 11.0. The van der Waals surface area contributed by atoms with Gasteiger partial charge in [-0.2, -0.15) is 0 Å². The van der Waals surface area contributed by atoms with Crippen molar-refractivity contribution in [3.63, 3.8) is 0 Å². The Morgan fingerprint density at radius 3 is 2.33 bits per heavy atom. The number of ether oxygens (including phenoxy) is 1. The Morgan fingerprint density at radius 2 is 1.67 bits per heavy atom. The van der Waals surface area contributed by atoms with Crippen LogP contribution in [0.15, 0.2) is 42.5 Å². The van der Waals surface area contributed by atoms with Crippen molar-refractivity contribution < 1.29 is 14.6 Å². The van der Waals surface area contributed by atoms with Crippen LogP contribution in [0.4, 0.5) is 4.79 Å². The van der Waals surface area contributed by atoms with Crippen LogP contribution in [0.3, 0.4) is 0 Å². The highest BCUT2D eigenvalue weighted by molar-refractivity contribution is 5.65. The zero-order valence-electron chi connectivity index (χ0n) is 16.1. The van der Waals surface area contributed by atoms with Crippen LogP contribution in [-0.4, -0.2) is 53.8 Å². The van der Waals surface area contributed by atoms with Crippen molar-refractivity contribution in [2.45, 2.75) is 26.8 Å². The van der Waals surface area contributed by atoms with Gasteiger partial charge in [0.1, 0.15) is 5.75 Å². The zero-order valence-corrected chi connectivity index (χ0v) is 16.1. The number of rotatable bonds is 6. The number of amides is 1. The summed E-state index contributed by atoms with van der Waals surface area (Å²) in [6.07, 6.45) is 0.0624. The molecule has 0 atom stereocenters. The molecule has 1 N–H and O–H groups in total. The largest absolute Gasteiger partial charge is 0.493 e. The molecule has 1 heterocycles. The van der Waals surface area contributed by atoms with Gasteiger partial charge in [0, 0.05) is 39.1 Å². The monoisotopic (exact) mass is 368 g/mol. The Hall–Kier alpha value is -2.53. The molecule has 1 aliphatic heterocycles. The molecule has 5 heteroatoms. The maximum absolute atomic E-state index is 11.0. The number of aryl methyl sites for hydroxylation is 1. The average molecular weight is 368 g/mol. The van der Waals surface area contributed by atoms with Gasteiger partial charge in [0.05, 0.1) is 6.61 Å². The summed E-state index contributed by atoms with van der Waals surface area (Å²) in [5.74, 6) is 0.965. The molecule has 2 aromatic rings. The number of hydrogen-bond donors (Lipinski definition) is 1. The second-order valence-corrected chi connectivity index (χ2v) is 7.16. The highest BCUT2D eigenvalue weighted by atomic mass is 16.5. The second-order valence-electron chi connectivity index (χ2n) is 7.16. The van der Waals surface area contributed by atoms with E-state index in [0.29, 0.717) is 19.7 Å². The summed E-state index contributed by atoms with van der Waals surface area (Å²) in [6, 6.07) is 14.8. The van der Waals surface area contributed by atoms with Gasteiger partial charge in [-0.25, -0.2) is 4.79 Å². The van der Waals surface area contributed by atoms with E-state index in [1.165, 1.54) is 27.2 Å². The van der Waals surface area contributed by atoms with Crippen molar-refractivity contribution in [3.05, 3.63) is 64.7 Å². The van der Waals surface area contributed by atoms with Crippen LogP contribution in [0, 0.1) is 13.8 Å². The van der Waals surface area contributed by atoms with Crippen molar-refractivity contribution in [3.8, 4) is 5.75 Å². The van der Waals surface area contributed by atoms with Crippen LogP contribution in [0.25, 0.3) is 0 Å². The Balaban J connectivity index is 1.45. The fourth-order valence-corrected chi connectivity index (χ4v) is 3.33. The predicted octanol–water partition coefficient (Wildman–Crippen LogP) is 3.72. The summed E-state index contributed by atoms with van der Waals surface area (Å²) in [4.78, 5) is 14.8. The summed E-state index contributed by atoms with van der Waals surface area (Å²) in [6.45, 7) is 8.48. The lowest BCUT2D eigenvalue weighted by Crippen LogP contribution is -2.47. The first-order chi connectivity index (χ1) is 13.0. The average Bonchev–Trinajstić information content (AvgIpc) is 2.67. The van der Waals surface area contributed by atoms with Crippen molar-refractivity contribution in [1.29, 1.82) is 0 Å². The maximum Gasteiger partial charge on any atom is 0.407 e. The molecule has 1 saturated heterocycles. The van der Waals surface area contributed by atoms with Crippen molar-refractivity contribution >= 4 is 6.09 Å². The quantitative estimate of drug-likeness (QED) is 0.844. The predicted molar refractivity (Wildman–Crippen MR) is 106 cm³/mol. The Morgan fingerprint density at radius 1 is 1.00 bits per heavy atom. The van der Waals surface area contributed by atoms with Crippen LogP contribution >= 0.6 is 0 Å². The van der Waals surface area contributed by atoms with Crippen molar-refractivity contribution in [2.75, 3.05) is 32.8 Å². The summed E-state index contributed by atoms with van der Waals surface area (Å²) >= 11 is 0. The topological polar surface area (TPSA) is 53.0 Å². The molecule has 0 bridgehead atoms. The molecule has 3 rings (SSSR count). The summed E-state index contributed by atoms with van der Waals surface area (Å²) < 4.78 is 5.94. The van der Waals surface area contributed by atoms with E-state index in [0.717, 1.165) is 31.8 Å². The van der Waals surface area contributed by atoms with Gasteiger partial charge in [-0.05, 0) is 42.2 Å². The van der Waals surface area contributed by atoms with E-state index in [4.69, 9.17) is 9.84 Å².